The summed E-state index contributed by atoms with van der Waals surface area (Å²) in [6.07, 6.45) is 3.47. The molecule has 0 radical (unpaired) electrons. The van der Waals surface area contributed by atoms with Crippen molar-refractivity contribution >= 4 is 12.0 Å². The van der Waals surface area contributed by atoms with Crippen LogP contribution < -0.4 is 5.32 Å². The van der Waals surface area contributed by atoms with Gasteiger partial charge in [-0.15, -0.1) is 0 Å². The van der Waals surface area contributed by atoms with Crippen LogP contribution in [0.25, 0.3) is 0 Å². The van der Waals surface area contributed by atoms with E-state index in [1.54, 1.807) is 4.90 Å². The summed E-state index contributed by atoms with van der Waals surface area (Å²) in [6.45, 7) is 4.73. The van der Waals surface area contributed by atoms with E-state index in [1.807, 2.05) is 13.0 Å². The molecule has 2 aliphatic rings. The summed E-state index contributed by atoms with van der Waals surface area (Å²) in [5, 5.41) is 12.0. The molecule has 0 bridgehead atoms. The normalized spacial score (nSPS) is 26.9. The van der Waals surface area contributed by atoms with E-state index >= 15 is 0 Å². The molecule has 6 heteroatoms. The lowest BCUT2D eigenvalue weighted by atomic mass is 9.91. The van der Waals surface area contributed by atoms with Crippen molar-refractivity contribution in [2.45, 2.75) is 19.8 Å². The number of carbonyl (C=O) groups excluding carboxylic acids is 1. The molecule has 0 aliphatic carbocycles. The SMILES string of the molecule is CC1CC(C(=O)O)CN(C(=O)NCC2=CCOCC2)C1. The van der Waals surface area contributed by atoms with Crippen molar-refractivity contribution in [3.63, 3.8) is 0 Å². The standard InChI is InChI=1S/C14H22N2O4/c1-10-6-12(13(17)18)9-16(8-10)14(19)15-7-11-2-4-20-5-3-11/h2,10,12H,3-9H2,1H3,(H,15,19)(H,17,18). The van der Waals surface area contributed by atoms with Crippen LogP contribution in [0.4, 0.5) is 4.79 Å². The van der Waals surface area contributed by atoms with Crippen molar-refractivity contribution in [1.82, 2.24) is 10.2 Å². The number of carboxylic acid groups (broad SMARTS) is 1. The smallest absolute Gasteiger partial charge is 0.317 e. The third-order valence-corrected chi connectivity index (χ3v) is 3.82. The van der Waals surface area contributed by atoms with Gasteiger partial charge in [-0.1, -0.05) is 18.6 Å². The Morgan fingerprint density at radius 2 is 2.30 bits per heavy atom. The monoisotopic (exact) mass is 282 g/mol. The van der Waals surface area contributed by atoms with Gasteiger partial charge in [0.15, 0.2) is 0 Å². The maximum absolute atomic E-state index is 12.1. The van der Waals surface area contributed by atoms with E-state index in [0.29, 0.717) is 39.3 Å². The van der Waals surface area contributed by atoms with Crippen LogP contribution in [0.3, 0.4) is 0 Å². The number of urea groups is 1. The summed E-state index contributed by atoms with van der Waals surface area (Å²) in [7, 11) is 0. The molecule has 2 unspecified atom stereocenters. The Bertz CT molecular complexity index is 408. The Hall–Kier alpha value is -1.56. The number of nitrogens with one attached hydrogen (secondary N) is 1. The maximum Gasteiger partial charge on any atom is 0.317 e. The zero-order valence-electron chi connectivity index (χ0n) is 11.8. The summed E-state index contributed by atoms with van der Waals surface area (Å²) in [5.74, 6) is -1.05. The molecule has 0 aromatic rings. The van der Waals surface area contributed by atoms with Gasteiger partial charge in [0.05, 0.1) is 19.1 Å². The number of hydrogen-bond donors (Lipinski definition) is 2. The van der Waals surface area contributed by atoms with Crippen LogP contribution in [0.2, 0.25) is 0 Å². The minimum Gasteiger partial charge on any atom is -0.481 e. The number of aliphatic carboxylic acids is 1. The van der Waals surface area contributed by atoms with Gasteiger partial charge < -0.3 is 20.1 Å². The summed E-state index contributed by atoms with van der Waals surface area (Å²) < 4.78 is 5.21. The summed E-state index contributed by atoms with van der Waals surface area (Å²) in [4.78, 5) is 24.8. The fourth-order valence-electron chi connectivity index (χ4n) is 2.72. The van der Waals surface area contributed by atoms with Crippen LogP contribution in [0.1, 0.15) is 19.8 Å². The molecule has 2 amide bonds. The molecule has 0 aromatic carbocycles. The molecular formula is C14H22N2O4. The van der Waals surface area contributed by atoms with E-state index in [2.05, 4.69) is 5.32 Å². The Balaban J connectivity index is 1.84. The average molecular weight is 282 g/mol. The van der Waals surface area contributed by atoms with E-state index in [0.717, 1.165) is 6.42 Å². The third kappa shape index (κ3) is 3.96. The number of rotatable bonds is 3. The van der Waals surface area contributed by atoms with Crippen molar-refractivity contribution < 1.29 is 19.4 Å². The summed E-state index contributed by atoms with van der Waals surface area (Å²) >= 11 is 0. The predicted molar refractivity (Wildman–Crippen MR) is 73.4 cm³/mol. The highest BCUT2D eigenvalue weighted by Crippen LogP contribution is 2.21. The van der Waals surface area contributed by atoms with Gasteiger partial charge in [0.2, 0.25) is 0 Å². The number of carbonyl (C=O) groups is 2. The minimum atomic E-state index is -0.818. The van der Waals surface area contributed by atoms with Gasteiger partial charge in [-0.2, -0.15) is 0 Å². The Morgan fingerprint density at radius 3 is 2.95 bits per heavy atom. The van der Waals surface area contributed by atoms with E-state index in [9.17, 15) is 9.59 Å². The first-order valence-corrected chi connectivity index (χ1v) is 7.07. The van der Waals surface area contributed by atoms with Crippen molar-refractivity contribution in [1.29, 1.82) is 0 Å². The van der Waals surface area contributed by atoms with Crippen molar-refractivity contribution in [3.05, 3.63) is 11.6 Å². The highest BCUT2D eigenvalue weighted by Gasteiger charge is 2.31. The molecule has 1 fully saturated rings. The zero-order chi connectivity index (χ0) is 14.5. The zero-order valence-corrected chi connectivity index (χ0v) is 11.8. The average Bonchev–Trinajstić information content (AvgIpc) is 2.45. The molecule has 1 saturated heterocycles. The van der Waals surface area contributed by atoms with Crippen LogP contribution >= 0.6 is 0 Å². The first kappa shape index (κ1) is 14.8. The number of ether oxygens (including phenoxy) is 1. The minimum absolute atomic E-state index is 0.171. The molecule has 0 aromatic heterocycles. The molecule has 0 spiro atoms. The topological polar surface area (TPSA) is 78.9 Å². The molecule has 2 heterocycles. The quantitative estimate of drug-likeness (QED) is 0.759. The largest absolute Gasteiger partial charge is 0.481 e. The molecule has 6 nitrogen and oxygen atoms in total. The first-order valence-electron chi connectivity index (χ1n) is 7.07. The number of nitrogens with zero attached hydrogens (tertiary/aromatic N) is 1. The van der Waals surface area contributed by atoms with Gasteiger partial charge in [-0.25, -0.2) is 4.79 Å². The number of carboxylic acids is 1. The lowest BCUT2D eigenvalue weighted by Gasteiger charge is -2.34. The van der Waals surface area contributed by atoms with Gasteiger partial charge >= 0.3 is 12.0 Å². The van der Waals surface area contributed by atoms with Gasteiger partial charge in [0.1, 0.15) is 0 Å². The van der Waals surface area contributed by atoms with E-state index in [4.69, 9.17) is 9.84 Å². The van der Waals surface area contributed by atoms with E-state index < -0.39 is 11.9 Å². The number of amides is 2. The molecule has 2 aliphatic heterocycles. The molecule has 0 saturated carbocycles. The molecule has 2 rings (SSSR count). The van der Waals surface area contributed by atoms with Gasteiger partial charge in [-0.05, 0) is 18.8 Å². The lowest BCUT2D eigenvalue weighted by molar-refractivity contribution is -0.143. The van der Waals surface area contributed by atoms with Crippen LogP contribution in [-0.4, -0.2) is 54.9 Å². The third-order valence-electron chi connectivity index (χ3n) is 3.82. The summed E-state index contributed by atoms with van der Waals surface area (Å²) in [6, 6.07) is -0.171. The molecule has 112 valence electrons. The number of piperidine rings is 1. The van der Waals surface area contributed by atoms with Crippen LogP contribution in [-0.2, 0) is 9.53 Å². The predicted octanol–water partition coefficient (Wildman–Crippen LogP) is 1.09. The first-order chi connectivity index (χ1) is 9.56. The van der Waals surface area contributed by atoms with Gasteiger partial charge in [0, 0.05) is 19.6 Å². The summed E-state index contributed by atoms with van der Waals surface area (Å²) in [5.41, 5.74) is 1.17. The lowest BCUT2D eigenvalue weighted by Crippen LogP contribution is -2.49. The fraction of sp³-hybridized carbons (Fsp3) is 0.714. The van der Waals surface area contributed by atoms with Gasteiger partial charge in [-0.3, -0.25) is 4.79 Å². The molecule has 2 N–H and O–H groups in total. The van der Waals surface area contributed by atoms with E-state index in [1.165, 1.54) is 5.57 Å². The fourth-order valence-corrected chi connectivity index (χ4v) is 2.72. The van der Waals surface area contributed by atoms with Crippen molar-refractivity contribution in [2.24, 2.45) is 11.8 Å². The van der Waals surface area contributed by atoms with Gasteiger partial charge in [0.25, 0.3) is 0 Å². The molecular weight excluding hydrogens is 260 g/mol. The molecule has 20 heavy (non-hydrogen) atoms. The second-order valence-electron chi connectivity index (χ2n) is 5.63. The molecule has 2 atom stereocenters. The second-order valence-corrected chi connectivity index (χ2v) is 5.63. The second kappa shape index (κ2) is 6.74. The van der Waals surface area contributed by atoms with E-state index in [-0.39, 0.29) is 11.9 Å². The highest BCUT2D eigenvalue weighted by atomic mass is 16.5. The number of likely N-dealkylation sites (tertiary alicyclic amines) is 1. The van der Waals surface area contributed by atoms with Crippen molar-refractivity contribution in [3.8, 4) is 0 Å². The van der Waals surface area contributed by atoms with Crippen LogP contribution in [0.15, 0.2) is 11.6 Å². The Kier molecular flexibility index (Phi) is 5.00. The highest BCUT2D eigenvalue weighted by molar-refractivity contribution is 5.76. The van der Waals surface area contributed by atoms with Crippen LogP contribution in [0, 0.1) is 11.8 Å². The number of hydrogen-bond acceptors (Lipinski definition) is 3. The van der Waals surface area contributed by atoms with Crippen LogP contribution in [0.5, 0.6) is 0 Å². The Morgan fingerprint density at radius 1 is 1.50 bits per heavy atom. The Labute approximate surface area is 118 Å². The maximum atomic E-state index is 12.1. The van der Waals surface area contributed by atoms with Crippen molar-refractivity contribution in [2.75, 3.05) is 32.8 Å².